The molecule has 2 aromatic heterocycles. The molecule has 1 amide bonds. The minimum absolute atomic E-state index is 0.0816. The number of nitrogens with one attached hydrogen (secondary N) is 2. The van der Waals surface area contributed by atoms with E-state index in [-0.39, 0.29) is 11.1 Å². The summed E-state index contributed by atoms with van der Waals surface area (Å²) >= 11 is 0. The quantitative estimate of drug-likeness (QED) is 0.669. The number of carbonyl (C=O) groups excluding carboxylic acids is 1. The number of hydrogen-bond acceptors (Lipinski definition) is 6. The molecule has 0 aliphatic heterocycles. The monoisotopic (exact) mass is 383 g/mol. The summed E-state index contributed by atoms with van der Waals surface area (Å²) in [6, 6.07) is 11.2. The number of sulfonamides is 1. The number of aromatic amines is 1. The summed E-state index contributed by atoms with van der Waals surface area (Å²) < 4.78 is 27.2. The van der Waals surface area contributed by atoms with Crippen LogP contribution in [-0.2, 0) is 15.9 Å². The van der Waals surface area contributed by atoms with Crippen molar-refractivity contribution in [3.63, 3.8) is 0 Å². The van der Waals surface area contributed by atoms with Crippen molar-refractivity contribution in [1.82, 2.24) is 19.5 Å². The molecule has 2 N–H and O–H groups in total. The summed E-state index contributed by atoms with van der Waals surface area (Å²) in [5.41, 5.74) is 0.728. The summed E-state index contributed by atoms with van der Waals surface area (Å²) in [7, 11) is -4.12. The van der Waals surface area contributed by atoms with Crippen LogP contribution in [0, 0.1) is 11.3 Å². The molecule has 1 aromatic carbocycles. The van der Waals surface area contributed by atoms with Crippen molar-refractivity contribution in [2.24, 2.45) is 0 Å². The lowest BCUT2D eigenvalue weighted by atomic mass is 10.1. The Morgan fingerprint density at radius 3 is 2.63 bits per heavy atom. The highest BCUT2D eigenvalue weighted by atomic mass is 32.2. The fourth-order valence-corrected chi connectivity index (χ4v) is 3.33. The zero-order valence-corrected chi connectivity index (χ0v) is 14.6. The van der Waals surface area contributed by atoms with Crippen molar-refractivity contribution >= 4 is 15.9 Å². The highest BCUT2D eigenvalue weighted by Crippen LogP contribution is 2.15. The van der Waals surface area contributed by atoms with Gasteiger partial charge in [-0.15, -0.1) is 0 Å². The summed E-state index contributed by atoms with van der Waals surface area (Å²) in [5, 5.41) is 11.4. The van der Waals surface area contributed by atoms with Gasteiger partial charge in [-0.2, -0.15) is 5.26 Å². The fraction of sp³-hybridized carbons (Fsp3) is 0.0588. The maximum absolute atomic E-state index is 12.4. The smallest absolute Gasteiger partial charge is 0.275 e. The van der Waals surface area contributed by atoms with Crippen LogP contribution in [0.15, 0.2) is 59.8 Å². The molecule has 0 aliphatic carbocycles. The maximum Gasteiger partial charge on any atom is 0.275 e. The molecule has 0 saturated heterocycles. The van der Waals surface area contributed by atoms with E-state index < -0.39 is 27.4 Å². The molecule has 3 aromatic rings. The van der Waals surface area contributed by atoms with Gasteiger partial charge in [-0.1, -0.05) is 12.1 Å². The Hall–Kier alpha value is -3.71. The number of amides is 1. The third-order valence-electron chi connectivity index (χ3n) is 3.64. The summed E-state index contributed by atoms with van der Waals surface area (Å²) in [5.74, 6) is -1.59. The zero-order chi connectivity index (χ0) is 19.4. The van der Waals surface area contributed by atoms with Crippen molar-refractivity contribution < 1.29 is 13.2 Å². The van der Waals surface area contributed by atoms with E-state index in [9.17, 15) is 18.0 Å². The van der Waals surface area contributed by atoms with Gasteiger partial charge in [0.2, 0.25) is 0 Å². The zero-order valence-electron chi connectivity index (χ0n) is 13.8. The SMILES string of the molecule is N#Cc1ccc(-c2c[nH]n(CS(=O)(=O)NC(=O)c3cccnc3)c2=O)cc1. The molecule has 27 heavy (non-hydrogen) atoms. The maximum atomic E-state index is 12.4. The van der Waals surface area contributed by atoms with Crippen LogP contribution in [-0.4, -0.2) is 29.1 Å². The summed E-state index contributed by atoms with van der Waals surface area (Å²) in [4.78, 5) is 28.2. The number of nitriles is 1. The number of rotatable bonds is 5. The van der Waals surface area contributed by atoms with Crippen LogP contribution < -0.4 is 10.3 Å². The Kier molecular flexibility index (Phi) is 4.87. The molecular weight excluding hydrogens is 370 g/mol. The first-order valence-corrected chi connectivity index (χ1v) is 9.28. The molecule has 3 rings (SSSR count). The molecule has 0 radical (unpaired) electrons. The van der Waals surface area contributed by atoms with Crippen LogP contribution in [0.2, 0.25) is 0 Å². The van der Waals surface area contributed by atoms with E-state index in [0.29, 0.717) is 11.1 Å². The molecule has 0 unspecified atom stereocenters. The molecule has 136 valence electrons. The second-order valence-electron chi connectivity index (χ2n) is 5.53. The molecule has 0 aliphatic rings. The lowest BCUT2D eigenvalue weighted by Crippen LogP contribution is -2.35. The van der Waals surface area contributed by atoms with Gasteiger partial charge in [0.05, 0.1) is 22.8 Å². The Balaban J connectivity index is 1.79. The second kappa shape index (κ2) is 7.27. The number of aromatic nitrogens is 3. The van der Waals surface area contributed by atoms with E-state index in [1.54, 1.807) is 24.3 Å². The first kappa shape index (κ1) is 18.1. The first-order chi connectivity index (χ1) is 12.9. The standard InChI is InChI=1S/C17H13N5O4S/c18-8-12-3-5-13(6-4-12)15-10-20-22(17(15)24)11-27(25,26)21-16(23)14-2-1-7-19-9-14/h1-7,9-10,20H,11H2,(H,21,23). The van der Waals surface area contributed by atoms with E-state index in [0.717, 1.165) is 4.68 Å². The number of benzene rings is 1. The molecule has 10 heteroatoms. The Labute approximate surface area is 153 Å². The first-order valence-electron chi connectivity index (χ1n) is 7.63. The van der Waals surface area contributed by atoms with Crippen molar-refractivity contribution in [2.45, 2.75) is 5.88 Å². The minimum atomic E-state index is -4.12. The van der Waals surface area contributed by atoms with Gasteiger partial charge >= 0.3 is 0 Å². The van der Waals surface area contributed by atoms with Crippen LogP contribution in [0.5, 0.6) is 0 Å². The number of carbonyl (C=O) groups is 1. The van der Waals surface area contributed by atoms with Crippen LogP contribution in [0.3, 0.4) is 0 Å². The average Bonchev–Trinajstić information content (AvgIpc) is 3.02. The number of hydrogen-bond donors (Lipinski definition) is 2. The number of pyridine rings is 1. The third-order valence-corrected chi connectivity index (χ3v) is 4.73. The van der Waals surface area contributed by atoms with Crippen LogP contribution >= 0.6 is 0 Å². The van der Waals surface area contributed by atoms with E-state index >= 15 is 0 Å². The molecular formula is C17H13N5O4S. The molecule has 0 saturated carbocycles. The highest BCUT2D eigenvalue weighted by Gasteiger charge is 2.19. The third kappa shape index (κ3) is 4.10. The Morgan fingerprint density at radius 1 is 1.26 bits per heavy atom. The van der Waals surface area contributed by atoms with Gasteiger partial charge < -0.3 is 5.10 Å². The van der Waals surface area contributed by atoms with Gasteiger partial charge in [0.1, 0.15) is 0 Å². The summed E-state index contributed by atoms with van der Waals surface area (Å²) in [6.07, 6.45) is 4.05. The minimum Gasteiger partial charge on any atom is -0.301 e. The molecule has 0 fully saturated rings. The topological polar surface area (TPSA) is 138 Å². The molecule has 9 nitrogen and oxygen atoms in total. The average molecular weight is 383 g/mol. The predicted molar refractivity (Wildman–Crippen MR) is 95.8 cm³/mol. The van der Waals surface area contributed by atoms with Crippen LogP contribution in [0.25, 0.3) is 11.1 Å². The second-order valence-corrected chi connectivity index (χ2v) is 7.22. The predicted octanol–water partition coefficient (Wildman–Crippen LogP) is 0.827. The van der Waals surface area contributed by atoms with Crippen molar-refractivity contribution in [3.8, 4) is 17.2 Å². The van der Waals surface area contributed by atoms with Gasteiger partial charge in [-0.25, -0.2) is 17.8 Å². The van der Waals surface area contributed by atoms with Gasteiger partial charge in [-0.05, 0) is 29.8 Å². The highest BCUT2D eigenvalue weighted by molar-refractivity contribution is 7.89. The van der Waals surface area contributed by atoms with Gasteiger partial charge in [0, 0.05) is 18.6 Å². The van der Waals surface area contributed by atoms with Crippen molar-refractivity contribution in [2.75, 3.05) is 0 Å². The molecule has 0 atom stereocenters. The van der Waals surface area contributed by atoms with E-state index in [1.165, 1.54) is 30.7 Å². The fourth-order valence-electron chi connectivity index (χ4n) is 2.33. The molecule has 0 bridgehead atoms. The van der Waals surface area contributed by atoms with Gasteiger partial charge in [-0.3, -0.25) is 14.6 Å². The van der Waals surface area contributed by atoms with E-state index in [2.05, 4.69) is 10.1 Å². The molecule has 2 heterocycles. The van der Waals surface area contributed by atoms with Crippen molar-refractivity contribution in [1.29, 1.82) is 5.26 Å². The molecule has 0 spiro atoms. The van der Waals surface area contributed by atoms with E-state index in [4.69, 9.17) is 5.26 Å². The van der Waals surface area contributed by atoms with E-state index in [1.807, 2.05) is 10.8 Å². The van der Waals surface area contributed by atoms with Crippen molar-refractivity contribution in [3.05, 3.63) is 76.5 Å². The normalized spacial score (nSPS) is 10.9. The van der Waals surface area contributed by atoms with Gasteiger partial charge in [0.25, 0.3) is 21.5 Å². The van der Waals surface area contributed by atoms with Crippen LogP contribution in [0.1, 0.15) is 15.9 Å². The summed E-state index contributed by atoms with van der Waals surface area (Å²) in [6.45, 7) is 0. The Bertz CT molecular complexity index is 1170. The van der Waals surface area contributed by atoms with Crippen LogP contribution in [0.4, 0.5) is 0 Å². The number of nitrogens with zero attached hydrogens (tertiary/aromatic N) is 3. The Morgan fingerprint density at radius 2 is 2.00 bits per heavy atom. The number of H-pyrrole nitrogens is 1. The lowest BCUT2D eigenvalue weighted by molar-refractivity contribution is 0.0981. The lowest BCUT2D eigenvalue weighted by Gasteiger charge is -2.06. The van der Waals surface area contributed by atoms with Gasteiger partial charge in [0.15, 0.2) is 5.88 Å². The largest absolute Gasteiger partial charge is 0.301 e.